The van der Waals surface area contributed by atoms with Gasteiger partial charge in [0.1, 0.15) is 0 Å². The third kappa shape index (κ3) is 3.64. The van der Waals surface area contributed by atoms with Gasteiger partial charge in [0.25, 0.3) is 5.91 Å². The zero-order chi connectivity index (χ0) is 17.3. The molecule has 0 aromatic heterocycles. The lowest BCUT2D eigenvalue weighted by Gasteiger charge is -2.26. The molecule has 1 aromatic carbocycles. The van der Waals surface area contributed by atoms with Crippen LogP contribution in [0.1, 0.15) is 30.1 Å². The molecule has 0 saturated carbocycles. The summed E-state index contributed by atoms with van der Waals surface area (Å²) in [6.07, 6.45) is -5.06. The summed E-state index contributed by atoms with van der Waals surface area (Å²) in [5, 5.41) is 12.2. The van der Waals surface area contributed by atoms with Gasteiger partial charge in [-0.05, 0) is 18.2 Å². The Morgan fingerprint density at radius 1 is 1.39 bits per heavy atom. The molecule has 0 spiro atoms. The van der Waals surface area contributed by atoms with Crippen LogP contribution in [0.15, 0.2) is 24.3 Å². The SMILES string of the molecule is CCC(=O)Nc1cccc(C(=O)N2CC[C@](O)(C(F)(F)F)C2)c1. The van der Waals surface area contributed by atoms with E-state index in [0.717, 1.165) is 4.90 Å². The second-order valence-electron chi connectivity index (χ2n) is 5.49. The molecule has 2 amide bonds. The molecule has 23 heavy (non-hydrogen) atoms. The minimum atomic E-state index is -4.78. The fourth-order valence-corrected chi connectivity index (χ4v) is 2.36. The smallest absolute Gasteiger partial charge is 0.379 e. The van der Waals surface area contributed by atoms with Crippen LogP contribution in [0.5, 0.6) is 0 Å². The number of halogens is 3. The molecule has 8 heteroatoms. The number of β-amino-alcohol motifs (C(OH)–C–C–N with tert-alkyl or cyclic N) is 1. The van der Waals surface area contributed by atoms with Gasteiger partial charge in [0.05, 0.1) is 6.54 Å². The summed E-state index contributed by atoms with van der Waals surface area (Å²) in [4.78, 5) is 24.6. The Morgan fingerprint density at radius 2 is 2.09 bits per heavy atom. The molecule has 0 aliphatic carbocycles. The van der Waals surface area contributed by atoms with Crippen molar-refractivity contribution in [1.29, 1.82) is 0 Å². The molecule has 1 aromatic rings. The highest BCUT2D eigenvalue weighted by Gasteiger charge is 2.57. The van der Waals surface area contributed by atoms with Gasteiger partial charge in [-0.3, -0.25) is 9.59 Å². The lowest BCUT2D eigenvalue weighted by atomic mass is 10.0. The molecule has 1 heterocycles. The number of benzene rings is 1. The highest BCUT2D eigenvalue weighted by molar-refractivity contribution is 5.97. The van der Waals surface area contributed by atoms with Gasteiger partial charge in [-0.2, -0.15) is 13.2 Å². The molecule has 1 aliphatic rings. The lowest BCUT2D eigenvalue weighted by molar-refractivity contribution is -0.253. The summed E-state index contributed by atoms with van der Waals surface area (Å²) < 4.78 is 38.4. The Bertz CT molecular complexity index is 618. The number of rotatable bonds is 3. The largest absolute Gasteiger partial charge is 0.419 e. The Kier molecular flexibility index (Phi) is 4.65. The van der Waals surface area contributed by atoms with Crippen molar-refractivity contribution in [3.05, 3.63) is 29.8 Å². The van der Waals surface area contributed by atoms with Crippen molar-refractivity contribution in [3.8, 4) is 0 Å². The molecule has 1 aliphatic heterocycles. The van der Waals surface area contributed by atoms with Crippen molar-refractivity contribution < 1.29 is 27.9 Å². The predicted molar refractivity (Wildman–Crippen MR) is 76.9 cm³/mol. The number of aliphatic hydroxyl groups is 1. The number of hydrogen-bond donors (Lipinski definition) is 2. The molecular weight excluding hydrogens is 313 g/mol. The molecule has 1 atom stereocenters. The van der Waals surface area contributed by atoms with Crippen LogP contribution in [-0.4, -0.2) is 46.7 Å². The van der Waals surface area contributed by atoms with Crippen molar-refractivity contribution in [2.75, 3.05) is 18.4 Å². The third-order valence-electron chi connectivity index (χ3n) is 3.78. The zero-order valence-electron chi connectivity index (χ0n) is 12.5. The van der Waals surface area contributed by atoms with Crippen molar-refractivity contribution in [2.24, 2.45) is 0 Å². The number of nitrogens with zero attached hydrogens (tertiary/aromatic N) is 1. The number of amides is 2. The minimum absolute atomic E-state index is 0.158. The Hall–Kier alpha value is -2.09. The molecule has 0 bridgehead atoms. The molecule has 2 N–H and O–H groups in total. The van der Waals surface area contributed by atoms with E-state index < -0.39 is 30.7 Å². The van der Waals surface area contributed by atoms with Gasteiger partial charge in [-0.15, -0.1) is 0 Å². The molecule has 0 unspecified atom stereocenters. The molecule has 0 radical (unpaired) electrons. The summed E-state index contributed by atoms with van der Waals surface area (Å²) in [5.41, 5.74) is -2.31. The number of likely N-dealkylation sites (tertiary alicyclic amines) is 1. The van der Waals surface area contributed by atoms with Crippen molar-refractivity contribution >= 4 is 17.5 Å². The second-order valence-corrected chi connectivity index (χ2v) is 5.49. The van der Waals surface area contributed by atoms with Gasteiger partial charge in [0.2, 0.25) is 5.91 Å². The van der Waals surface area contributed by atoms with E-state index in [1.54, 1.807) is 13.0 Å². The minimum Gasteiger partial charge on any atom is -0.379 e. The Labute approximate surface area is 131 Å². The predicted octanol–water partition coefficient (Wildman–Crippen LogP) is 2.17. The average Bonchev–Trinajstić information content (AvgIpc) is 2.90. The maximum absolute atomic E-state index is 12.8. The van der Waals surface area contributed by atoms with Crippen LogP contribution in [0.2, 0.25) is 0 Å². The molecule has 1 saturated heterocycles. The standard InChI is InChI=1S/C15H17F3N2O3/c1-2-12(21)19-11-5-3-4-10(8-11)13(22)20-7-6-14(23,9-20)15(16,17)18/h3-5,8,23H,2,6-7,9H2,1H3,(H,19,21)/t14-/m1/s1. The Morgan fingerprint density at radius 3 is 2.65 bits per heavy atom. The number of nitrogens with one attached hydrogen (secondary N) is 1. The van der Waals surface area contributed by atoms with E-state index in [9.17, 15) is 27.9 Å². The van der Waals surface area contributed by atoms with Crippen molar-refractivity contribution in [1.82, 2.24) is 4.90 Å². The third-order valence-corrected chi connectivity index (χ3v) is 3.78. The van der Waals surface area contributed by atoms with Crippen LogP contribution in [0.25, 0.3) is 0 Å². The summed E-state index contributed by atoms with van der Waals surface area (Å²) in [7, 11) is 0. The fraction of sp³-hybridized carbons (Fsp3) is 0.467. The van der Waals surface area contributed by atoms with Crippen LogP contribution in [-0.2, 0) is 4.79 Å². The summed E-state index contributed by atoms with van der Waals surface area (Å²) in [6.45, 7) is 0.702. The number of alkyl halides is 3. The van der Waals surface area contributed by atoms with Crippen LogP contribution in [0, 0.1) is 0 Å². The molecule has 1 fully saturated rings. The fourth-order valence-electron chi connectivity index (χ4n) is 2.36. The van der Waals surface area contributed by atoms with Crippen LogP contribution in [0.4, 0.5) is 18.9 Å². The number of anilines is 1. The monoisotopic (exact) mass is 330 g/mol. The molecule has 126 valence electrons. The number of carbonyl (C=O) groups is 2. The zero-order valence-corrected chi connectivity index (χ0v) is 12.5. The maximum atomic E-state index is 12.8. The van der Waals surface area contributed by atoms with Gasteiger partial charge in [0.15, 0.2) is 5.60 Å². The second kappa shape index (κ2) is 6.19. The topological polar surface area (TPSA) is 69.6 Å². The highest BCUT2D eigenvalue weighted by atomic mass is 19.4. The maximum Gasteiger partial charge on any atom is 0.419 e. The number of carbonyl (C=O) groups excluding carboxylic acids is 2. The van der Waals surface area contributed by atoms with Gasteiger partial charge >= 0.3 is 6.18 Å². The van der Waals surface area contributed by atoms with E-state index in [2.05, 4.69) is 5.32 Å². The number of hydrogen-bond acceptors (Lipinski definition) is 3. The first-order valence-electron chi connectivity index (χ1n) is 7.14. The van der Waals surface area contributed by atoms with Crippen molar-refractivity contribution in [3.63, 3.8) is 0 Å². The van der Waals surface area contributed by atoms with Crippen LogP contribution in [0.3, 0.4) is 0 Å². The van der Waals surface area contributed by atoms with Gasteiger partial charge < -0.3 is 15.3 Å². The van der Waals surface area contributed by atoms with Gasteiger partial charge in [-0.25, -0.2) is 0 Å². The summed E-state index contributed by atoms with van der Waals surface area (Å²) >= 11 is 0. The molecular formula is C15H17F3N2O3. The first-order valence-corrected chi connectivity index (χ1v) is 7.14. The molecule has 5 nitrogen and oxygen atoms in total. The van der Waals surface area contributed by atoms with Crippen LogP contribution >= 0.6 is 0 Å². The summed E-state index contributed by atoms with van der Waals surface area (Å²) in [6, 6.07) is 5.97. The molecule has 2 rings (SSSR count). The first-order chi connectivity index (χ1) is 10.7. The quantitative estimate of drug-likeness (QED) is 0.892. The van der Waals surface area contributed by atoms with E-state index in [4.69, 9.17) is 0 Å². The van der Waals surface area contributed by atoms with Gasteiger partial charge in [0, 0.05) is 30.6 Å². The average molecular weight is 330 g/mol. The van der Waals surface area contributed by atoms with E-state index in [1.165, 1.54) is 18.2 Å². The Balaban J connectivity index is 2.13. The van der Waals surface area contributed by atoms with Gasteiger partial charge in [-0.1, -0.05) is 13.0 Å². The summed E-state index contributed by atoms with van der Waals surface area (Å²) in [5.74, 6) is -0.847. The van der Waals surface area contributed by atoms with Crippen LogP contribution < -0.4 is 5.32 Å². The first kappa shape index (κ1) is 17.3. The normalized spacial score (nSPS) is 21.3. The van der Waals surface area contributed by atoms with E-state index in [1.807, 2.05) is 0 Å². The van der Waals surface area contributed by atoms with E-state index in [0.29, 0.717) is 5.69 Å². The lowest BCUT2D eigenvalue weighted by Crippen LogP contribution is -2.48. The van der Waals surface area contributed by atoms with E-state index >= 15 is 0 Å². The van der Waals surface area contributed by atoms with E-state index in [-0.39, 0.29) is 24.4 Å². The highest BCUT2D eigenvalue weighted by Crippen LogP contribution is 2.38. The van der Waals surface area contributed by atoms with Crippen molar-refractivity contribution in [2.45, 2.75) is 31.5 Å².